The van der Waals surface area contributed by atoms with Crippen molar-refractivity contribution in [1.82, 2.24) is 9.55 Å². The number of para-hydroxylation sites is 1. The number of nitrogens with zero attached hydrogens (tertiary/aromatic N) is 3. The molecule has 7 heteroatoms. The molecule has 0 aliphatic carbocycles. The van der Waals surface area contributed by atoms with E-state index in [0.717, 1.165) is 57.5 Å². The van der Waals surface area contributed by atoms with Gasteiger partial charge in [-0.15, -0.1) is 0 Å². The van der Waals surface area contributed by atoms with Crippen molar-refractivity contribution in [3.8, 4) is 16.9 Å². The molecule has 0 radical (unpaired) electrons. The molecule has 5 rings (SSSR count). The molecule has 37 heavy (non-hydrogen) atoms. The lowest BCUT2D eigenvalue weighted by atomic mass is 10.0. The molecule has 0 amide bonds. The monoisotopic (exact) mass is 497 g/mol. The van der Waals surface area contributed by atoms with Crippen LogP contribution in [-0.4, -0.2) is 38.9 Å². The summed E-state index contributed by atoms with van der Waals surface area (Å²) in [6.07, 6.45) is 0.552. The van der Waals surface area contributed by atoms with Crippen LogP contribution in [0.4, 0.5) is 4.79 Å². The predicted octanol–water partition coefficient (Wildman–Crippen LogP) is 6.62. The minimum atomic E-state index is -1.33. The summed E-state index contributed by atoms with van der Waals surface area (Å²) in [6, 6.07) is 19.5. The van der Waals surface area contributed by atoms with Crippen LogP contribution in [0.25, 0.3) is 22.2 Å². The summed E-state index contributed by atoms with van der Waals surface area (Å²) in [4.78, 5) is 20.9. The number of imidazole rings is 1. The third kappa shape index (κ3) is 5.07. The minimum absolute atomic E-state index is 0.221. The van der Waals surface area contributed by atoms with Crippen molar-refractivity contribution in [3.05, 3.63) is 83.2 Å². The molecule has 1 aliphatic heterocycles. The molecule has 190 valence electrons. The Kier molecular flexibility index (Phi) is 6.46. The molecule has 0 unspecified atom stereocenters. The second kappa shape index (κ2) is 9.73. The number of fused-ring (bicyclic) bond motifs is 1. The Labute approximate surface area is 216 Å². The highest BCUT2D eigenvalue weighted by atomic mass is 16.7. The van der Waals surface area contributed by atoms with Crippen LogP contribution in [0.5, 0.6) is 5.75 Å². The highest BCUT2D eigenvalue weighted by Gasteiger charge is 2.28. The summed E-state index contributed by atoms with van der Waals surface area (Å²) < 4.78 is 13.2. The van der Waals surface area contributed by atoms with Crippen molar-refractivity contribution in [3.63, 3.8) is 0 Å². The zero-order valence-corrected chi connectivity index (χ0v) is 21.6. The third-order valence-electron chi connectivity index (χ3n) is 6.50. The number of hydrogen-bond donors (Lipinski definition) is 1. The van der Waals surface area contributed by atoms with Crippen molar-refractivity contribution in [2.45, 2.75) is 52.6 Å². The van der Waals surface area contributed by atoms with Gasteiger partial charge in [-0.2, -0.15) is 0 Å². The van der Waals surface area contributed by atoms with Gasteiger partial charge in [0.15, 0.2) is 0 Å². The van der Waals surface area contributed by atoms with Gasteiger partial charge in [0.25, 0.3) is 0 Å². The number of aromatic nitrogens is 2. The molecule has 1 aliphatic rings. The first kappa shape index (κ1) is 24.6. The number of carboxylic acid groups (broad SMARTS) is 1. The van der Waals surface area contributed by atoms with Gasteiger partial charge in [0.2, 0.25) is 5.90 Å². The Balaban J connectivity index is 1.51. The third-order valence-corrected chi connectivity index (χ3v) is 6.50. The molecule has 4 aromatic rings. The van der Waals surface area contributed by atoms with Crippen molar-refractivity contribution in [1.29, 1.82) is 0 Å². The second-order valence-electron chi connectivity index (χ2n) is 10.1. The average molecular weight is 498 g/mol. The van der Waals surface area contributed by atoms with Crippen molar-refractivity contribution < 1.29 is 19.4 Å². The number of ether oxygens (including phenoxy) is 2. The first-order chi connectivity index (χ1) is 17.7. The van der Waals surface area contributed by atoms with E-state index in [1.807, 2.05) is 24.3 Å². The Hall–Kier alpha value is -4.13. The Bertz CT molecular complexity index is 1500. The molecule has 0 fully saturated rings. The molecule has 1 N–H and O–H groups in total. The molecule has 2 heterocycles. The lowest BCUT2D eigenvalue weighted by molar-refractivity contribution is 0.144. The molecule has 0 bridgehead atoms. The zero-order valence-electron chi connectivity index (χ0n) is 21.6. The Morgan fingerprint density at radius 1 is 1.11 bits per heavy atom. The lowest BCUT2D eigenvalue weighted by Gasteiger charge is -2.12. The molecule has 0 saturated heterocycles. The lowest BCUT2D eigenvalue weighted by Crippen LogP contribution is -2.17. The van der Waals surface area contributed by atoms with Gasteiger partial charge in [-0.3, -0.25) is 0 Å². The molecule has 0 saturated carbocycles. The normalized spacial score (nSPS) is 14.4. The Morgan fingerprint density at radius 2 is 1.86 bits per heavy atom. The quantitative estimate of drug-likeness (QED) is 0.229. The maximum Gasteiger partial charge on any atom is 0.511 e. The SMILES string of the molecule is CCCc1nc2c(C)cc(C3=NC(C)(C)CO3)cc2n1Cc1ccc(-c2ccccc2OC(=O)O)cc1. The number of aryl methyl sites for hydroxylation is 2. The molecular weight excluding hydrogens is 466 g/mol. The fourth-order valence-corrected chi connectivity index (χ4v) is 4.75. The molecule has 0 spiro atoms. The molecule has 0 atom stereocenters. The van der Waals surface area contributed by atoms with Gasteiger partial charge in [0.05, 0.1) is 16.6 Å². The number of rotatable bonds is 7. The van der Waals surface area contributed by atoms with E-state index >= 15 is 0 Å². The second-order valence-corrected chi connectivity index (χ2v) is 10.1. The summed E-state index contributed by atoms with van der Waals surface area (Å²) in [5.41, 5.74) is 6.67. The number of carbonyl (C=O) groups is 1. The fraction of sp³-hybridized carbons (Fsp3) is 0.300. The van der Waals surface area contributed by atoms with E-state index in [1.165, 1.54) is 0 Å². The largest absolute Gasteiger partial charge is 0.511 e. The van der Waals surface area contributed by atoms with Crippen LogP contribution < -0.4 is 4.74 Å². The Morgan fingerprint density at radius 3 is 2.54 bits per heavy atom. The van der Waals surface area contributed by atoms with Gasteiger partial charge in [-0.05, 0) is 62.1 Å². The number of aliphatic imine (C=N–C) groups is 1. The van der Waals surface area contributed by atoms with Crippen LogP contribution >= 0.6 is 0 Å². The standard InChI is InChI=1S/C30H31N3O4/c1-5-8-26-31-27-19(2)15-22(28-32-30(3,4)18-36-28)16-24(27)33(26)17-20-11-13-21(14-12-20)23-9-6-7-10-25(23)37-29(34)35/h6-7,9-16H,5,8,17-18H2,1-4H3,(H,34,35). The van der Waals surface area contributed by atoms with Crippen molar-refractivity contribution in [2.75, 3.05) is 6.61 Å². The van der Waals surface area contributed by atoms with E-state index in [0.29, 0.717) is 24.8 Å². The van der Waals surface area contributed by atoms with E-state index in [-0.39, 0.29) is 5.54 Å². The van der Waals surface area contributed by atoms with Crippen LogP contribution in [0.15, 0.2) is 65.7 Å². The highest BCUT2D eigenvalue weighted by molar-refractivity contribution is 5.99. The van der Waals surface area contributed by atoms with Crippen LogP contribution in [0.1, 0.15) is 49.7 Å². The topological polar surface area (TPSA) is 85.9 Å². The summed E-state index contributed by atoms with van der Waals surface area (Å²) in [6.45, 7) is 9.64. The van der Waals surface area contributed by atoms with Gasteiger partial charge in [-0.25, -0.2) is 14.8 Å². The van der Waals surface area contributed by atoms with E-state index in [1.54, 1.807) is 12.1 Å². The summed E-state index contributed by atoms with van der Waals surface area (Å²) in [5.74, 6) is 2.06. The number of hydrogen-bond acceptors (Lipinski definition) is 5. The molecular formula is C30H31N3O4. The van der Waals surface area contributed by atoms with Gasteiger partial charge in [-0.1, -0.05) is 49.4 Å². The highest BCUT2D eigenvalue weighted by Crippen LogP contribution is 2.31. The first-order valence-electron chi connectivity index (χ1n) is 12.6. The summed E-state index contributed by atoms with van der Waals surface area (Å²) in [5, 5.41) is 9.07. The maximum atomic E-state index is 11.1. The molecule has 3 aromatic carbocycles. The summed E-state index contributed by atoms with van der Waals surface area (Å²) >= 11 is 0. The van der Waals surface area contributed by atoms with Gasteiger partial charge in [0, 0.05) is 24.1 Å². The van der Waals surface area contributed by atoms with Crippen LogP contribution in [-0.2, 0) is 17.7 Å². The predicted molar refractivity (Wildman–Crippen MR) is 145 cm³/mol. The van der Waals surface area contributed by atoms with Crippen molar-refractivity contribution >= 4 is 23.1 Å². The van der Waals surface area contributed by atoms with E-state index in [2.05, 4.69) is 56.5 Å². The zero-order chi connectivity index (χ0) is 26.2. The molecule has 1 aromatic heterocycles. The van der Waals surface area contributed by atoms with Crippen molar-refractivity contribution in [2.24, 2.45) is 4.99 Å². The fourth-order valence-electron chi connectivity index (χ4n) is 4.75. The van der Waals surface area contributed by atoms with Crippen LogP contribution in [0.3, 0.4) is 0 Å². The molecule has 7 nitrogen and oxygen atoms in total. The van der Waals surface area contributed by atoms with E-state index < -0.39 is 6.16 Å². The minimum Gasteiger partial charge on any atom is -0.475 e. The summed E-state index contributed by atoms with van der Waals surface area (Å²) in [7, 11) is 0. The van der Waals surface area contributed by atoms with E-state index in [9.17, 15) is 4.79 Å². The first-order valence-corrected chi connectivity index (χ1v) is 12.6. The maximum absolute atomic E-state index is 11.1. The van der Waals surface area contributed by atoms with Crippen LogP contribution in [0, 0.1) is 6.92 Å². The number of benzene rings is 3. The van der Waals surface area contributed by atoms with Gasteiger partial charge >= 0.3 is 6.16 Å². The van der Waals surface area contributed by atoms with E-state index in [4.69, 9.17) is 24.6 Å². The smallest absolute Gasteiger partial charge is 0.475 e. The van der Waals surface area contributed by atoms with Gasteiger partial charge < -0.3 is 19.1 Å². The average Bonchev–Trinajstić information content (AvgIpc) is 3.40. The van der Waals surface area contributed by atoms with Gasteiger partial charge in [0.1, 0.15) is 18.2 Å². The van der Waals surface area contributed by atoms with Crippen LogP contribution in [0.2, 0.25) is 0 Å².